The van der Waals surface area contributed by atoms with Crippen molar-refractivity contribution in [3.05, 3.63) is 23.5 Å². The van der Waals surface area contributed by atoms with Crippen LogP contribution in [0.15, 0.2) is 12.3 Å². The van der Waals surface area contributed by atoms with Crippen LogP contribution in [0, 0.1) is 0 Å². The predicted molar refractivity (Wildman–Crippen MR) is 55.0 cm³/mol. The molecular weight excluding hydrogens is 235 g/mol. The number of nitrogens with zero attached hydrogens (tertiary/aromatic N) is 1. The third kappa shape index (κ3) is 3.44. The maximum absolute atomic E-state index is 12.7. The molecule has 0 aliphatic carbocycles. The number of carbonyl (C=O) groups is 1. The number of pyridine rings is 1. The van der Waals surface area contributed by atoms with Gasteiger partial charge in [0.1, 0.15) is 11.4 Å². The summed E-state index contributed by atoms with van der Waals surface area (Å²) in [6.07, 6.45) is -2.81. The number of ether oxygens (including phenoxy) is 1. The Hall–Kier alpha value is -1.59. The van der Waals surface area contributed by atoms with Crippen LogP contribution in [-0.2, 0) is 6.18 Å². The van der Waals surface area contributed by atoms with E-state index in [0.29, 0.717) is 13.0 Å². The van der Waals surface area contributed by atoms with Crippen LogP contribution in [0.2, 0.25) is 0 Å². The average Bonchev–Trinajstić information content (AvgIpc) is 2.24. The smallest absolute Gasteiger partial charge is 0.418 e. The molecule has 0 unspecified atom stereocenters. The van der Waals surface area contributed by atoms with Gasteiger partial charge in [-0.1, -0.05) is 6.92 Å². The molecule has 0 bridgehead atoms. The third-order valence-corrected chi connectivity index (χ3v) is 1.97. The third-order valence-electron chi connectivity index (χ3n) is 1.97. The Morgan fingerprint density at radius 2 is 2.12 bits per heavy atom. The van der Waals surface area contributed by atoms with E-state index in [2.05, 4.69) is 4.98 Å². The van der Waals surface area contributed by atoms with Gasteiger partial charge in [0.05, 0.1) is 18.4 Å². The van der Waals surface area contributed by atoms with E-state index in [9.17, 15) is 18.0 Å². The Kier molecular flexibility index (Phi) is 4.09. The van der Waals surface area contributed by atoms with Gasteiger partial charge in [-0.05, 0) is 12.5 Å². The van der Waals surface area contributed by atoms with E-state index < -0.39 is 23.2 Å². The molecule has 94 valence electrons. The molecule has 1 aromatic rings. The summed E-state index contributed by atoms with van der Waals surface area (Å²) >= 11 is 0. The first-order chi connectivity index (χ1) is 7.86. The molecule has 0 saturated carbocycles. The Morgan fingerprint density at radius 3 is 2.59 bits per heavy atom. The van der Waals surface area contributed by atoms with Crippen LogP contribution in [0.25, 0.3) is 0 Å². The molecule has 0 amide bonds. The maximum Gasteiger partial charge on any atom is 0.418 e. The quantitative estimate of drug-likeness (QED) is 0.767. The minimum atomic E-state index is -4.61. The molecule has 0 N–H and O–H groups in total. The zero-order valence-electron chi connectivity index (χ0n) is 9.47. The van der Waals surface area contributed by atoms with Gasteiger partial charge in [0.25, 0.3) is 0 Å². The van der Waals surface area contributed by atoms with E-state index in [1.54, 1.807) is 0 Å². The fraction of sp³-hybridized carbons (Fsp3) is 0.455. The lowest BCUT2D eigenvalue weighted by molar-refractivity contribution is -0.138. The summed E-state index contributed by atoms with van der Waals surface area (Å²) in [5, 5.41) is 0. The van der Waals surface area contributed by atoms with Crippen LogP contribution in [-0.4, -0.2) is 17.4 Å². The van der Waals surface area contributed by atoms with Crippen molar-refractivity contribution in [1.29, 1.82) is 0 Å². The van der Waals surface area contributed by atoms with E-state index >= 15 is 0 Å². The normalized spacial score (nSPS) is 11.4. The Labute approximate surface area is 96.6 Å². The highest BCUT2D eigenvalue weighted by Crippen LogP contribution is 2.33. The van der Waals surface area contributed by atoms with E-state index in [0.717, 1.165) is 19.2 Å². The van der Waals surface area contributed by atoms with E-state index in [1.807, 2.05) is 6.92 Å². The van der Waals surface area contributed by atoms with Crippen molar-refractivity contribution in [1.82, 2.24) is 4.98 Å². The second kappa shape index (κ2) is 5.16. The van der Waals surface area contributed by atoms with Crippen LogP contribution in [0.1, 0.15) is 36.3 Å². The first-order valence-electron chi connectivity index (χ1n) is 5.07. The number of Topliss-reactive ketones (excluding diaryl/α,β-unsaturated/α-hetero) is 1. The summed E-state index contributed by atoms with van der Waals surface area (Å²) in [6.45, 7) is 3.19. The van der Waals surface area contributed by atoms with E-state index in [4.69, 9.17) is 4.74 Å². The maximum atomic E-state index is 12.7. The zero-order chi connectivity index (χ0) is 13.1. The number of hydrogen-bond donors (Lipinski definition) is 0. The molecule has 17 heavy (non-hydrogen) atoms. The summed E-state index contributed by atoms with van der Waals surface area (Å²) in [5.41, 5.74) is -1.64. The number of halogens is 3. The summed E-state index contributed by atoms with van der Waals surface area (Å²) < 4.78 is 43.0. The number of aromatic nitrogens is 1. The molecule has 3 nitrogen and oxygen atoms in total. The van der Waals surface area contributed by atoms with Crippen molar-refractivity contribution >= 4 is 5.78 Å². The zero-order valence-corrected chi connectivity index (χ0v) is 9.47. The second-order valence-corrected chi connectivity index (χ2v) is 3.47. The lowest BCUT2D eigenvalue weighted by Gasteiger charge is -2.12. The summed E-state index contributed by atoms with van der Waals surface area (Å²) in [5.74, 6) is -0.705. The largest absolute Gasteiger partial charge is 0.492 e. The molecule has 0 saturated heterocycles. The minimum absolute atomic E-state index is 0.0178. The topological polar surface area (TPSA) is 39.2 Å². The van der Waals surface area contributed by atoms with E-state index in [1.165, 1.54) is 0 Å². The van der Waals surface area contributed by atoms with Gasteiger partial charge in [-0.25, -0.2) is 4.98 Å². The lowest BCUT2D eigenvalue weighted by atomic mass is 10.1. The predicted octanol–water partition coefficient (Wildman–Crippen LogP) is 3.09. The SMILES string of the molecule is CCCOc1cnc(C(C)=O)c(C(F)(F)F)c1. The Morgan fingerprint density at radius 1 is 1.47 bits per heavy atom. The molecule has 0 aromatic carbocycles. The first-order valence-corrected chi connectivity index (χ1v) is 5.07. The van der Waals surface area contributed by atoms with Crippen molar-refractivity contribution in [3.63, 3.8) is 0 Å². The second-order valence-electron chi connectivity index (χ2n) is 3.47. The molecular formula is C11H12F3NO2. The summed E-state index contributed by atoms with van der Waals surface area (Å²) in [4.78, 5) is 14.5. The van der Waals surface area contributed by atoms with Crippen LogP contribution < -0.4 is 4.74 Å². The number of rotatable bonds is 4. The Balaban J connectivity index is 3.15. The summed E-state index contributed by atoms with van der Waals surface area (Å²) in [7, 11) is 0. The molecule has 0 spiro atoms. The fourth-order valence-corrected chi connectivity index (χ4v) is 1.24. The number of alkyl halides is 3. The van der Waals surface area contributed by atoms with Gasteiger partial charge < -0.3 is 4.74 Å². The molecule has 0 fully saturated rings. The minimum Gasteiger partial charge on any atom is -0.492 e. The van der Waals surface area contributed by atoms with Gasteiger partial charge in [-0.2, -0.15) is 13.2 Å². The van der Waals surface area contributed by atoms with Crippen LogP contribution >= 0.6 is 0 Å². The van der Waals surface area contributed by atoms with Crippen LogP contribution in [0.4, 0.5) is 13.2 Å². The number of hydrogen-bond acceptors (Lipinski definition) is 3. The highest BCUT2D eigenvalue weighted by atomic mass is 19.4. The molecule has 1 heterocycles. The van der Waals surface area contributed by atoms with Crippen LogP contribution in [0.5, 0.6) is 5.75 Å². The highest BCUT2D eigenvalue weighted by molar-refractivity contribution is 5.93. The monoisotopic (exact) mass is 247 g/mol. The lowest BCUT2D eigenvalue weighted by Crippen LogP contribution is -2.14. The van der Waals surface area contributed by atoms with Gasteiger partial charge >= 0.3 is 6.18 Å². The Bertz CT molecular complexity index is 416. The molecule has 0 atom stereocenters. The van der Waals surface area contributed by atoms with Gasteiger partial charge in [0.2, 0.25) is 0 Å². The molecule has 1 rings (SSSR count). The van der Waals surface area contributed by atoms with Crippen LogP contribution in [0.3, 0.4) is 0 Å². The van der Waals surface area contributed by atoms with Crippen molar-refractivity contribution in [2.45, 2.75) is 26.4 Å². The highest BCUT2D eigenvalue weighted by Gasteiger charge is 2.35. The fourth-order valence-electron chi connectivity index (χ4n) is 1.24. The van der Waals surface area contributed by atoms with E-state index in [-0.39, 0.29) is 5.75 Å². The van der Waals surface area contributed by atoms with Crippen molar-refractivity contribution in [3.8, 4) is 5.75 Å². The molecule has 0 aliphatic heterocycles. The summed E-state index contributed by atoms with van der Waals surface area (Å²) in [6, 6.07) is 0.805. The van der Waals surface area contributed by atoms with Gasteiger partial charge in [-0.3, -0.25) is 4.79 Å². The van der Waals surface area contributed by atoms with Gasteiger partial charge in [0, 0.05) is 6.92 Å². The number of ketones is 1. The van der Waals surface area contributed by atoms with Crippen molar-refractivity contribution in [2.75, 3.05) is 6.61 Å². The average molecular weight is 247 g/mol. The molecule has 1 aromatic heterocycles. The molecule has 6 heteroatoms. The van der Waals surface area contributed by atoms with Crippen molar-refractivity contribution in [2.24, 2.45) is 0 Å². The van der Waals surface area contributed by atoms with Crippen molar-refractivity contribution < 1.29 is 22.7 Å². The molecule has 0 aliphatic rings. The first kappa shape index (κ1) is 13.5. The standard InChI is InChI=1S/C11H12F3NO2/c1-3-4-17-8-5-9(11(12,13)14)10(7(2)16)15-6-8/h5-6H,3-4H2,1-2H3. The number of carbonyl (C=O) groups excluding carboxylic acids is 1. The molecule has 0 radical (unpaired) electrons. The van der Waals surface area contributed by atoms with Gasteiger partial charge in [-0.15, -0.1) is 0 Å². The van der Waals surface area contributed by atoms with Gasteiger partial charge in [0.15, 0.2) is 5.78 Å².